The number of ether oxygens (including phenoxy) is 1. The van der Waals surface area contributed by atoms with Gasteiger partial charge in [-0.2, -0.15) is 0 Å². The van der Waals surface area contributed by atoms with E-state index in [1.54, 1.807) is 0 Å². The molecule has 0 aromatic heterocycles. The van der Waals surface area contributed by atoms with Crippen LogP contribution in [-0.2, 0) is 9.53 Å². The minimum Gasteiger partial charge on any atom is -0.468 e. The predicted molar refractivity (Wildman–Crippen MR) is 83.3 cm³/mol. The summed E-state index contributed by atoms with van der Waals surface area (Å²) >= 11 is 7.94. The van der Waals surface area contributed by atoms with E-state index in [1.165, 1.54) is 17.6 Å². The van der Waals surface area contributed by atoms with E-state index in [4.69, 9.17) is 16.3 Å². The van der Waals surface area contributed by atoms with E-state index >= 15 is 0 Å². The summed E-state index contributed by atoms with van der Waals surface area (Å²) < 4.78 is 4.89. The molecule has 5 heteroatoms. The number of carbonyl (C=O) groups is 1. The second-order valence-corrected chi connectivity index (χ2v) is 6.86. The van der Waals surface area contributed by atoms with Crippen molar-refractivity contribution in [2.75, 3.05) is 12.9 Å². The second kappa shape index (κ2) is 6.83. The first-order chi connectivity index (χ1) is 9.52. The molecule has 20 heavy (non-hydrogen) atoms. The Morgan fingerprint density at radius 2 is 2.25 bits per heavy atom. The highest BCUT2D eigenvalue weighted by Crippen LogP contribution is 2.38. The van der Waals surface area contributed by atoms with E-state index in [-0.39, 0.29) is 24.0 Å². The minimum atomic E-state index is -0.292. The Balaban J connectivity index is 2.22. The molecule has 1 aliphatic rings. The Hall–Kier alpha value is -0.710. The first kappa shape index (κ1) is 15.7. The van der Waals surface area contributed by atoms with Crippen LogP contribution in [0, 0.1) is 5.92 Å². The van der Waals surface area contributed by atoms with Crippen LogP contribution in [0.25, 0.3) is 0 Å². The number of benzene rings is 1. The average Bonchev–Trinajstić information content (AvgIpc) is 2.43. The molecule has 0 aliphatic carbocycles. The van der Waals surface area contributed by atoms with Gasteiger partial charge in [0.05, 0.1) is 7.11 Å². The fraction of sp³-hybridized carbons (Fsp3) is 0.533. The highest BCUT2D eigenvalue weighted by molar-refractivity contribution is 7.99. The zero-order valence-corrected chi connectivity index (χ0v) is 13.6. The standard InChI is InChI=1S/C15H20ClNO2S/c1-9(2)14(15(18)19-3)17-12-6-7-20-13-5-4-10(16)8-11(12)13/h4-5,8-9,12,14,17H,6-7H2,1-3H3/t12?,14-/m0/s1. The summed E-state index contributed by atoms with van der Waals surface area (Å²) in [6.45, 7) is 4.04. The van der Waals surface area contributed by atoms with E-state index in [0.29, 0.717) is 0 Å². The van der Waals surface area contributed by atoms with Gasteiger partial charge in [0.25, 0.3) is 0 Å². The molecule has 0 saturated carbocycles. The van der Waals surface area contributed by atoms with E-state index in [0.717, 1.165) is 17.2 Å². The van der Waals surface area contributed by atoms with Crippen LogP contribution in [0.4, 0.5) is 0 Å². The number of esters is 1. The van der Waals surface area contributed by atoms with Crippen molar-refractivity contribution in [3.63, 3.8) is 0 Å². The van der Waals surface area contributed by atoms with E-state index in [2.05, 4.69) is 11.4 Å². The minimum absolute atomic E-state index is 0.149. The summed E-state index contributed by atoms with van der Waals surface area (Å²) in [6, 6.07) is 5.82. The van der Waals surface area contributed by atoms with Gasteiger partial charge in [-0.05, 0) is 41.9 Å². The zero-order valence-electron chi connectivity index (χ0n) is 12.0. The van der Waals surface area contributed by atoms with Crippen molar-refractivity contribution in [3.05, 3.63) is 28.8 Å². The number of fused-ring (bicyclic) bond motifs is 1. The van der Waals surface area contributed by atoms with Gasteiger partial charge in [-0.25, -0.2) is 0 Å². The van der Waals surface area contributed by atoms with Gasteiger partial charge in [-0.15, -0.1) is 11.8 Å². The van der Waals surface area contributed by atoms with Crippen molar-refractivity contribution in [3.8, 4) is 0 Å². The number of halogens is 1. The molecule has 1 N–H and O–H groups in total. The van der Waals surface area contributed by atoms with Crippen molar-refractivity contribution >= 4 is 29.3 Å². The van der Waals surface area contributed by atoms with Crippen LogP contribution in [0.15, 0.2) is 23.1 Å². The van der Waals surface area contributed by atoms with E-state index < -0.39 is 0 Å². The van der Waals surface area contributed by atoms with Crippen LogP contribution in [0.1, 0.15) is 31.9 Å². The quantitative estimate of drug-likeness (QED) is 0.861. The fourth-order valence-corrected chi connectivity index (χ4v) is 3.70. The number of rotatable bonds is 4. The number of hydrogen-bond donors (Lipinski definition) is 1. The number of carbonyl (C=O) groups excluding carboxylic acids is 1. The smallest absolute Gasteiger partial charge is 0.323 e. The van der Waals surface area contributed by atoms with Gasteiger partial charge in [0.2, 0.25) is 0 Å². The molecule has 2 atom stereocenters. The average molecular weight is 314 g/mol. The largest absolute Gasteiger partial charge is 0.468 e. The molecule has 1 aromatic carbocycles. The van der Waals surface area contributed by atoms with Gasteiger partial charge in [-0.3, -0.25) is 10.1 Å². The van der Waals surface area contributed by atoms with Crippen LogP contribution in [0.2, 0.25) is 5.02 Å². The SMILES string of the molecule is COC(=O)[C@@H](NC1CCSc2ccc(Cl)cc21)C(C)C. The summed E-state index contributed by atoms with van der Waals surface area (Å²) in [6.07, 6.45) is 0.984. The van der Waals surface area contributed by atoms with E-state index in [9.17, 15) is 4.79 Å². The molecule has 3 nitrogen and oxygen atoms in total. The van der Waals surface area contributed by atoms with Gasteiger partial charge >= 0.3 is 5.97 Å². The first-order valence-corrected chi connectivity index (χ1v) is 8.15. The third-order valence-corrected chi connectivity index (χ3v) is 4.87. The summed E-state index contributed by atoms with van der Waals surface area (Å²) in [5.74, 6) is 1.01. The van der Waals surface area contributed by atoms with Crippen LogP contribution in [-0.4, -0.2) is 24.9 Å². The number of methoxy groups -OCH3 is 1. The maximum absolute atomic E-state index is 11.9. The molecule has 0 spiro atoms. The number of nitrogens with one attached hydrogen (secondary N) is 1. The Kier molecular flexibility index (Phi) is 5.35. The predicted octanol–water partition coefficient (Wildman–Crippen LogP) is 3.66. The van der Waals surface area contributed by atoms with Crippen LogP contribution < -0.4 is 5.32 Å². The molecule has 0 bridgehead atoms. The lowest BCUT2D eigenvalue weighted by Crippen LogP contribution is -2.44. The highest BCUT2D eigenvalue weighted by atomic mass is 35.5. The topological polar surface area (TPSA) is 38.3 Å². The summed E-state index contributed by atoms with van der Waals surface area (Å²) in [7, 11) is 1.43. The van der Waals surface area contributed by atoms with Gasteiger partial charge < -0.3 is 4.74 Å². The van der Waals surface area contributed by atoms with Crippen molar-refractivity contribution < 1.29 is 9.53 Å². The molecule has 1 aromatic rings. The lowest BCUT2D eigenvalue weighted by atomic mass is 9.98. The third-order valence-electron chi connectivity index (χ3n) is 3.51. The van der Waals surface area contributed by atoms with Crippen molar-refractivity contribution in [1.82, 2.24) is 5.32 Å². The third kappa shape index (κ3) is 3.48. The van der Waals surface area contributed by atoms with Gasteiger partial charge in [-0.1, -0.05) is 25.4 Å². The maximum Gasteiger partial charge on any atom is 0.323 e. The van der Waals surface area contributed by atoms with Gasteiger partial charge in [0, 0.05) is 16.0 Å². The maximum atomic E-state index is 11.9. The highest BCUT2D eigenvalue weighted by Gasteiger charge is 2.29. The molecule has 0 saturated heterocycles. The first-order valence-electron chi connectivity index (χ1n) is 6.79. The molecule has 2 rings (SSSR count). The van der Waals surface area contributed by atoms with Crippen LogP contribution in [0.3, 0.4) is 0 Å². The fourth-order valence-electron chi connectivity index (χ4n) is 2.41. The molecule has 0 amide bonds. The van der Waals surface area contributed by atoms with Crippen molar-refractivity contribution in [2.24, 2.45) is 5.92 Å². The Bertz CT molecular complexity index is 493. The van der Waals surface area contributed by atoms with Gasteiger partial charge in [0.15, 0.2) is 0 Å². The van der Waals surface area contributed by atoms with Gasteiger partial charge in [0.1, 0.15) is 6.04 Å². The Morgan fingerprint density at radius 1 is 1.50 bits per heavy atom. The molecule has 1 aliphatic heterocycles. The lowest BCUT2D eigenvalue weighted by molar-refractivity contribution is -0.144. The second-order valence-electron chi connectivity index (χ2n) is 5.28. The van der Waals surface area contributed by atoms with Crippen LogP contribution in [0.5, 0.6) is 0 Å². The molecule has 1 heterocycles. The summed E-state index contributed by atoms with van der Waals surface area (Å²) in [4.78, 5) is 13.1. The molecule has 110 valence electrons. The Labute approximate surface area is 129 Å². The molecule has 0 fully saturated rings. The summed E-state index contributed by atoms with van der Waals surface area (Å²) in [5, 5.41) is 4.18. The van der Waals surface area contributed by atoms with Crippen molar-refractivity contribution in [1.29, 1.82) is 0 Å². The normalized spacial score (nSPS) is 19.6. The molecule has 0 radical (unpaired) electrons. The Morgan fingerprint density at radius 3 is 2.90 bits per heavy atom. The zero-order chi connectivity index (χ0) is 14.7. The number of hydrogen-bond acceptors (Lipinski definition) is 4. The number of thioether (sulfide) groups is 1. The summed E-state index contributed by atoms with van der Waals surface area (Å²) in [5.41, 5.74) is 1.18. The molecular formula is C15H20ClNO2S. The molecule has 1 unspecified atom stereocenters. The van der Waals surface area contributed by atoms with Crippen LogP contribution >= 0.6 is 23.4 Å². The molecular weight excluding hydrogens is 294 g/mol. The monoisotopic (exact) mass is 313 g/mol. The lowest BCUT2D eigenvalue weighted by Gasteiger charge is -2.30. The van der Waals surface area contributed by atoms with Crippen molar-refractivity contribution in [2.45, 2.75) is 37.2 Å². The van der Waals surface area contributed by atoms with E-state index in [1.807, 2.05) is 37.7 Å².